The SMILES string of the molecule is Cc1cccc(CC(=O)[C@@H]2C[C@@H](F)CN2C(=O)CC2N=C(C(N)=O)c3sc(-c4cnc5cc(C)nn5c4)nc32)n1. The first-order chi connectivity index (χ1) is 19.2. The number of fused-ring (bicyclic) bond motifs is 2. The molecule has 0 aromatic carbocycles. The average molecular weight is 561 g/mol. The van der Waals surface area contributed by atoms with Gasteiger partial charge in [0, 0.05) is 41.8 Å². The predicted molar refractivity (Wildman–Crippen MR) is 145 cm³/mol. The molecule has 6 rings (SSSR count). The molecule has 2 N–H and O–H groups in total. The fourth-order valence-electron chi connectivity index (χ4n) is 5.19. The van der Waals surface area contributed by atoms with Crippen LogP contribution in [-0.2, 0) is 20.8 Å². The van der Waals surface area contributed by atoms with Crippen molar-refractivity contribution in [2.45, 2.75) is 51.4 Å². The number of alkyl halides is 1. The molecule has 2 aliphatic heterocycles. The molecule has 13 heteroatoms. The van der Waals surface area contributed by atoms with Gasteiger partial charge in [-0.05, 0) is 26.0 Å². The molecule has 0 bridgehead atoms. The lowest BCUT2D eigenvalue weighted by Crippen LogP contribution is -2.41. The van der Waals surface area contributed by atoms with Crippen LogP contribution in [0.25, 0.3) is 16.2 Å². The van der Waals surface area contributed by atoms with Gasteiger partial charge in [0.15, 0.2) is 11.4 Å². The number of aliphatic imine (C=N–C) groups is 1. The summed E-state index contributed by atoms with van der Waals surface area (Å²) < 4.78 is 16.1. The van der Waals surface area contributed by atoms with Crippen LogP contribution in [0.4, 0.5) is 4.39 Å². The fraction of sp³-hybridized carbons (Fsp3) is 0.333. The molecule has 1 saturated heterocycles. The second-order valence-electron chi connectivity index (χ2n) is 10.0. The van der Waals surface area contributed by atoms with Gasteiger partial charge in [0.05, 0.1) is 41.7 Å². The summed E-state index contributed by atoms with van der Waals surface area (Å²) in [4.78, 5) is 58.4. The van der Waals surface area contributed by atoms with Gasteiger partial charge < -0.3 is 10.6 Å². The normalized spacial score (nSPS) is 20.1. The van der Waals surface area contributed by atoms with Gasteiger partial charge in [-0.3, -0.25) is 24.4 Å². The molecule has 3 atom stereocenters. The molecule has 0 spiro atoms. The van der Waals surface area contributed by atoms with E-state index < -0.39 is 30.1 Å². The van der Waals surface area contributed by atoms with Gasteiger partial charge >= 0.3 is 0 Å². The van der Waals surface area contributed by atoms with Crippen LogP contribution in [0.2, 0.25) is 0 Å². The highest BCUT2D eigenvalue weighted by molar-refractivity contribution is 7.18. The minimum atomic E-state index is -1.31. The molecule has 0 saturated carbocycles. The number of ketones is 1. The Labute approximate surface area is 232 Å². The molecule has 204 valence electrons. The molecule has 2 aliphatic rings. The van der Waals surface area contributed by atoms with Gasteiger partial charge in [-0.25, -0.2) is 18.9 Å². The summed E-state index contributed by atoms with van der Waals surface area (Å²) >= 11 is 1.23. The predicted octanol–water partition coefficient (Wildman–Crippen LogP) is 2.33. The number of carbonyl (C=O) groups is 3. The number of pyridine rings is 1. The van der Waals surface area contributed by atoms with E-state index in [4.69, 9.17) is 10.7 Å². The van der Waals surface area contributed by atoms with Gasteiger partial charge in [-0.15, -0.1) is 11.3 Å². The van der Waals surface area contributed by atoms with Crippen molar-refractivity contribution in [1.82, 2.24) is 29.5 Å². The highest BCUT2D eigenvalue weighted by atomic mass is 32.1. The van der Waals surface area contributed by atoms with Gasteiger partial charge in [-0.1, -0.05) is 6.07 Å². The minimum Gasteiger partial charge on any atom is -0.364 e. The Kier molecular flexibility index (Phi) is 6.45. The molecular weight excluding hydrogens is 535 g/mol. The average Bonchev–Trinajstić information content (AvgIpc) is 3.66. The lowest BCUT2D eigenvalue weighted by Gasteiger charge is -2.24. The van der Waals surface area contributed by atoms with E-state index in [1.54, 1.807) is 29.0 Å². The number of amides is 2. The molecule has 11 nitrogen and oxygen atoms in total. The summed E-state index contributed by atoms with van der Waals surface area (Å²) in [6.07, 6.45) is 1.90. The zero-order valence-electron chi connectivity index (χ0n) is 21.7. The van der Waals surface area contributed by atoms with Crippen LogP contribution < -0.4 is 5.73 Å². The Morgan fingerprint density at radius 2 is 2.00 bits per heavy atom. The van der Waals surface area contributed by atoms with Crippen molar-refractivity contribution in [3.8, 4) is 10.6 Å². The number of aryl methyl sites for hydroxylation is 2. The van der Waals surface area contributed by atoms with Crippen molar-refractivity contribution >= 4 is 40.3 Å². The van der Waals surface area contributed by atoms with E-state index in [2.05, 4.69) is 20.1 Å². The summed E-state index contributed by atoms with van der Waals surface area (Å²) in [6.45, 7) is 3.51. The zero-order chi connectivity index (χ0) is 28.1. The zero-order valence-corrected chi connectivity index (χ0v) is 22.6. The third-order valence-corrected chi connectivity index (χ3v) is 8.12. The van der Waals surface area contributed by atoms with Crippen LogP contribution in [0, 0.1) is 13.8 Å². The summed E-state index contributed by atoms with van der Waals surface area (Å²) in [5.41, 5.74) is 9.62. The number of halogens is 1. The Bertz CT molecular complexity index is 1710. The number of Topliss-reactive ketones (excluding diaryl/α,β-unsaturated/α-hetero) is 1. The highest BCUT2D eigenvalue weighted by Crippen LogP contribution is 2.39. The second-order valence-corrected chi connectivity index (χ2v) is 11.0. The van der Waals surface area contributed by atoms with Gasteiger partial charge in [0.25, 0.3) is 5.91 Å². The lowest BCUT2D eigenvalue weighted by atomic mass is 10.0. The van der Waals surface area contributed by atoms with Gasteiger partial charge in [0.2, 0.25) is 5.91 Å². The Morgan fingerprint density at radius 3 is 2.77 bits per heavy atom. The van der Waals surface area contributed by atoms with E-state index in [1.165, 1.54) is 16.2 Å². The van der Waals surface area contributed by atoms with Crippen molar-refractivity contribution in [2.75, 3.05) is 6.54 Å². The van der Waals surface area contributed by atoms with E-state index in [-0.39, 0.29) is 37.3 Å². The highest BCUT2D eigenvalue weighted by Gasteiger charge is 2.42. The number of nitrogens with zero attached hydrogens (tertiary/aromatic N) is 7. The van der Waals surface area contributed by atoms with E-state index in [1.807, 2.05) is 26.0 Å². The molecule has 1 unspecified atom stereocenters. The van der Waals surface area contributed by atoms with Crippen molar-refractivity contribution in [2.24, 2.45) is 10.7 Å². The largest absolute Gasteiger partial charge is 0.364 e. The van der Waals surface area contributed by atoms with Crippen LogP contribution in [0.5, 0.6) is 0 Å². The Balaban J connectivity index is 1.24. The molecule has 1 fully saturated rings. The van der Waals surface area contributed by atoms with E-state index >= 15 is 0 Å². The van der Waals surface area contributed by atoms with Crippen LogP contribution in [0.3, 0.4) is 0 Å². The number of aromatic nitrogens is 5. The number of nitrogens with two attached hydrogens (primary N) is 1. The van der Waals surface area contributed by atoms with E-state index in [9.17, 15) is 18.8 Å². The number of hydrogen-bond acceptors (Lipinski definition) is 9. The summed E-state index contributed by atoms with van der Waals surface area (Å²) in [6, 6.07) is 5.53. The van der Waals surface area contributed by atoms with Crippen LogP contribution in [0.15, 0.2) is 41.7 Å². The number of carbonyl (C=O) groups excluding carboxylic acids is 3. The first-order valence-corrected chi connectivity index (χ1v) is 13.6. The maximum Gasteiger partial charge on any atom is 0.268 e. The molecule has 0 radical (unpaired) electrons. The first kappa shape index (κ1) is 25.9. The number of primary amides is 1. The smallest absolute Gasteiger partial charge is 0.268 e. The third kappa shape index (κ3) is 4.76. The van der Waals surface area contributed by atoms with E-state index in [0.29, 0.717) is 32.5 Å². The molecule has 6 heterocycles. The number of likely N-dealkylation sites (tertiary alicyclic amines) is 1. The second kappa shape index (κ2) is 9.97. The van der Waals surface area contributed by atoms with Crippen molar-refractivity contribution in [3.05, 3.63) is 64.3 Å². The quantitative estimate of drug-likeness (QED) is 0.365. The van der Waals surface area contributed by atoms with Crippen molar-refractivity contribution in [1.29, 1.82) is 0 Å². The summed E-state index contributed by atoms with van der Waals surface area (Å²) in [7, 11) is 0. The van der Waals surface area contributed by atoms with Crippen molar-refractivity contribution < 1.29 is 18.8 Å². The maximum atomic E-state index is 14.5. The third-order valence-electron chi connectivity index (χ3n) is 7.00. The number of hydrogen-bond donors (Lipinski definition) is 1. The molecule has 2 amide bonds. The molecule has 4 aromatic heterocycles. The van der Waals surface area contributed by atoms with Crippen LogP contribution >= 0.6 is 11.3 Å². The summed E-state index contributed by atoms with van der Waals surface area (Å²) in [5, 5.41) is 4.95. The van der Waals surface area contributed by atoms with Crippen LogP contribution in [-0.4, -0.2) is 71.5 Å². The van der Waals surface area contributed by atoms with E-state index in [0.717, 1.165) is 11.4 Å². The van der Waals surface area contributed by atoms with Gasteiger partial charge in [0.1, 0.15) is 22.9 Å². The molecular formula is C27H25FN8O3S. The Hall–Kier alpha value is -4.39. The molecule has 40 heavy (non-hydrogen) atoms. The summed E-state index contributed by atoms with van der Waals surface area (Å²) in [5.74, 6) is -1.44. The number of rotatable bonds is 7. The maximum absolute atomic E-state index is 14.5. The monoisotopic (exact) mass is 560 g/mol. The molecule has 0 aliphatic carbocycles. The van der Waals surface area contributed by atoms with Crippen molar-refractivity contribution in [3.63, 3.8) is 0 Å². The fourth-order valence-corrected chi connectivity index (χ4v) is 6.29. The molecule has 4 aromatic rings. The minimum absolute atomic E-state index is 0.00397. The van der Waals surface area contributed by atoms with Crippen LogP contribution in [0.1, 0.15) is 46.5 Å². The lowest BCUT2D eigenvalue weighted by molar-refractivity contribution is -0.137. The van der Waals surface area contributed by atoms with Gasteiger partial charge in [-0.2, -0.15) is 5.10 Å². The Morgan fingerprint density at radius 1 is 1.18 bits per heavy atom. The standard InChI is InChI=1S/C27H25FN8O3S/c1-13-4-3-5-17(31-13)8-20(37)19-7-16(28)12-35(19)22(38)9-18-23-25(24(32-18)26(29)39)40-27(33-23)15-10-30-21-6-14(2)34-36(21)11-15/h3-6,10-11,16,18-19H,7-9,12H2,1-2H3,(H2,29,39)/t16-,18?,19+/m1/s1. The number of thiazole rings is 1. The first-order valence-electron chi connectivity index (χ1n) is 12.8. The topological polar surface area (TPSA) is 149 Å².